The third kappa shape index (κ3) is 8.11. The number of hydrogen-bond acceptors (Lipinski definition) is 6. The highest BCUT2D eigenvalue weighted by Crippen LogP contribution is 2.33. The van der Waals surface area contributed by atoms with Crippen molar-refractivity contribution in [3.8, 4) is 0 Å². The van der Waals surface area contributed by atoms with Gasteiger partial charge >= 0.3 is 5.97 Å². The summed E-state index contributed by atoms with van der Waals surface area (Å²) in [6.07, 6.45) is 4.65. The zero-order valence-electron chi connectivity index (χ0n) is 17.9. The van der Waals surface area contributed by atoms with Crippen molar-refractivity contribution in [2.24, 2.45) is 17.1 Å². The van der Waals surface area contributed by atoms with Gasteiger partial charge in [0.15, 0.2) is 0 Å². The molecule has 1 amide bonds. The predicted octanol–water partition coefficient (Wildman–Crippen LogP) is 1.56. The average Bonchev–Trinajstić information content (AvgIpc) is 2.61. The monoisotopic (exact) mass is 417 g/mol. The third-order valence-corrected chi connectivity index (χ3v) is 5.71. The highest BCUT2D eigenvalue weighted by molar-refractivity contribution is 7.80. The molecule has 0 fully saturated rings. The smallest absolute Gasteiger partial charge is 0.330 e. The van der Waals surface area contributed by atoms with Crippen LogP contribution in [0.4, 0.5) is 0 Å². The van der Waals surface area contributed by atoms with Gasteiger partial charge in [0.25, 0.3) is 0 Å². The number of thiol groups is 1. The van der Waals surface area contributed by atoms with Gasteiger partial charge in [-0.05, 0) is 11.3 Å². The second-order valence-corrected chi connectivity index (χ2v) is 8.74. The van der Waals surface area contributed by atoms with Crippen LogP contribution in [-0.2, 0) is 9.59 Å². The Morgan fingerprint density at radius 3 is 2.32 bits per heavy atom. The lowest BCUT2D eigenvalue weighted by Crippen LogP contribution is -2.62. The molecule has 0 aliphatic heterocycles. The van der Waals surface area contributed by atoms with E-state index in [1.165, 1.54) is 0 Å². The molecule has 0 rings (SSSR count). The fourth-order valence-electron chi connectivity index (χ4n) is 2.95. The Hall–Kier alpha value is -1.09. The van der Waals surface area contributed by atoms with E-state index in [4.69, 9.17) is 5.73 Å². The van der Waals surface area contributed by atoms with Gasteiger partial charge in [0.2, 0.25) is 5.91 Å². The first-order valence-corrected chi connectivity index (χ1v) is 10.5. The standard InChI is InChI=1S/C20H39N3O4S/c1-6-14(2)16(22-12-15(21)13-28)8-7-9-17(25)23-20(10-11-24,18(26)27)19(3,4)5/h7-8,14-16,22,24,28H,6,9-13,21H2,1-5H3,(H,23,25)(H,26,27)/t14-,15+,16+,20-/m0/s1. The van der Waals surface area contributed by atoms with Crippen molar-refractivity contribution in [2.75, 3.05) is 18.9 Å². The van der Waals surface area contributed by atoms with Gasteiger partial charge in [-0.1, -0.05) is 53.2 Å². The number of aliphatic hydroxyl groups excluding tert-OH is 1. The van der Waals surface area contributed by atoms with E-state index < -0.39 is 22.8 Å². The molecule has 0 aliphatic carbocycles. The van der Waals surface area contributed by atoms with Crippen LogP contribution in [-0.4, -0.2) is 58.6 Å². The molecule has 164 valence electrons. The minimum Gasteiger partial charge on any atom is -0.479 e. The van der Waals surface area contributed by atoms with Gasteiger partial charge in [0, 0.05) is 43.8 Å². The van der Waals surface area contributed by atoms with Crippen molar-refractivity contribution >= 4 is 24.5 Å². The number of carboxylic acids is 1. The third-order valence-electron chi connectivity index (χ3n) is 5.24. The van der Waals surface area contributed by atoms with E-state index in [1.54, 1.807) is 26.8 Å². The maximum Gasteiger partial charge on any atom is 0.330 e. The van der Waals surface area contributed by atoms with Crippen LogP contribution in [0, 0.1) is 11.3 Å². The van der Waals surface area contributed by atoms with Crippen molar-refractivity contribution in [3.63, 3.8) is 0 Å². The zero-order valence-corrected chi connectivity index (χ0v) is 18.8. The number of carbonyl (C=O) groups is 2. The van der Waals surface area contributed by atoms with Crippen LogP contribution in [0.25, 0.3) is 0 Å². The Bertz CT molecular complexity index is 522. The van der Waals surface area contributed by atoms with E-state index in [9.17, 15) is 19.8 Å². The van der Waals surface area contributed by atoms with Crippen LogP contribution < -0.4 is 16.4 Å². The predicted molar refractivity (Wildman–Crippen MR) is 116 cm³/mol. The summed E-state index contributed by atoms with van der Waals surface area (Å²) >= 11 is 4.18. The normalized spacial score (nSPS) is 17.7. The molecule has 0 aromatic heterocycles. The number of rotatable bonds is 13. The number of nitrogens with two attached hydrogens (primary N) is 1. The molecular formula is C20H39N3O4S. The molecule has 0 saturated heterocycles. The average molecular weight is 418 g/mol. The van der Waals surface area contributed by atoms with Crippen molar-refractivity contribution in [3.05, 3.63) is 12.2 Å². The molecule has 0 heterocycles. The molecule has 0 aromatic rings. The van der Waals surface area contributed by atoms with Gasteiger partial charge in [0.05, 0.1) is 0 Å². The van der Waals surface area contributed by atoms with Crippen LogP contribution in [0.1, 0.15) is 53.9 Å². The minimum absolute atomic E-state index is 0.0481. The largest absolute Gasteiger partial charge is 0.479 e. The zero-order chi connectivity index (χ0) is 22.0. The van der Waals surface area contributed by atoms with Crippen molar-refractivity contribution in [1.82, 2.24) is 10.6 Å². The van der Waals surface area contributed by atoms with Crippen LogP contribution in [0.3, 0.4) is 0 Å². The molecule has 0 aliphatic rings. The summed E-state index contributed by atoms with van der Waals surface area (Å²) in [7, 11) is 0. The summed E-state index contributed by atoms with van der Waals surface area (Å²) in [5.74, 6) is -0.599. The molecule has 6 N–H and O–H groups in total. The molecule has 28 heavy (non-hydrogen) atoms. The first kappa shape index (κ1) is 26.9. The first-order chi connectivity index (χ1) is 12.9. The molecule has 4 atom stereocenters. The summed E-state index contributed by atoms with van der Waals surface area (Å²) in [4.78, 5) is 24.4. The topological polar surface area (TPSA) is 125 Å². The fourth-order valence-corrected chi connectivity index (χ4v) is 3.08. The number of aliphatic hydroxyl groups is 1. The summed E-state index contributed by atoms with van der Waals surface area (Å²) < 4.78 is 0. The van der Waals surface area contributed by atoms with Crippen LogP contribution in [0.5, 0.6) is 0 Å². The van der Waals surface area contributed by atoms with Crippen LogP contribution in [0.2, 0.25) is 0 Å². The van der Waals surface area contributed by atoms with E-state index in [-0.39, 0.29) is 31.5 Å². The molecule has 0 aromatic carbocycles. The number of carbonyl (C=O) groups excluding carboxylic acids is 1. The summed E-state index contributed by atoms with van der Waals surface area (Å²) in [6.45, 7) is 9.71. The van der Waals surface area contributed by atoms with Gasteiger partial charge in [-0.15, -0.1) is 0 Å². The van der Waals surface area contributed by atoms with Crippen LogP contribution in [0.15, 0.2) is 12.2 Å². The van der Waals surface area contributed by atoms with Gasteiger partial charge < -0.3 is 26.6 Å². The lowest BCUT2D eigenvalue weighted by Gasteiger charge is -2.41. The molecule has 7 nitrogen and oxygen atoms in total. The minimum atomic E-state index is -1.53. The lowest BCUT2D eigenvalue weighted by atomic mass is 9.71. The number of hydrogen-bond donors (Lipinski definition) is 6. The molecule has 0 spiro atoms. The Labute approximate surface area is 174 Å². The van der Waals surface area contributed by atoms with E-state index >= 15 is 0 Å². The molecule has 0 radical (unpaired) electrons. The van der Waals surface area contributed by atoms with E-state index in [2.05, 4.69) is 37.1 Å². The van der Waals surface area contributed by atoms with Gasteiger partial charge in [-0.3, -0.25) is 4.79 Å². The van der Waals surface area contributed by atoms with Crippen LogP contribution >= 0.6 is 12.6 Å². The Morgan fingerprint density at radius 2 is 1.89 bits per heavy atom. The second kappa shape index (κ2) is 12.5. The number of carboxylic acid groups (broad SMARTS) is 1. The van der Waals surface area contributed by atoms with Crippen molar-refractivity contribution < 1.29 is 19.8 Å². The number of amides is 1. The highest BCUT2D eigenvalue weighted by atomic mass is 32.1. The maximum atomic E-state index is 12.5. The fraction of sp³-hybridized carbons (Fsp3) is 0.800. The maximum absolute atomic E-state index is 12.5. The SMILES string of the molecule is CC[C@H](C)[C@@H](C=CCC(=O)N[C@@](CCO)(C(=O)O)C(C)(C)C)NC[C@@H](N)CS. The second-order valence-electron chi connectivity index (χ2n) is 8.38. The Morgan fingerprint density at radius 1 is 1.29 bits per heavy atom. The molecule has 0 bridgehead atoms. The number of nitrogens with one attached hydrogen (secondary N) is 2. The van der Waals surface area contributed by atoms with Gasteiger partial charge in [0.1, 0.15) is 5.54 Å². The Balaban J connectivity index is 5.12. The molecular weight excluding hydrogens is 378 g/mol. The van der Waals surface area contributed by atoms with E-state index in [1.807, 2.05) is 6.08 Å². The van der Waals surface area contributed by atoms with Gasteiger partial charge in [-0.25, -0.2) is 4.79 Å². The summed E-state index contributed by atoms with van der Waals surface area (Å²) in [5.41, 5.74) is 3.62. The molecule has 8 heteroatoms. The molecule has 0 saturated carbocycles. The van der Waals surface area contributed by atoms with Crippen molar-refractivity contribution in [1.29, 1.82) is 0 Å². The van der Waals surface area contributed by atoms with Gasteiger partial charge in [-0.2, -0.15) is 12.6 Å². The quantitative estimate of drug-likeness (QED) is 0.200. The van der Waals surface area contributed by atoms with E-state index in [0.717, 1.165) is 6.42 Å². The molecule has 0 unspecified atom stereocenters. The van der Waals surface area contributed by atoms with Crippen molar-refractivity contribution in [2.45, 2.75) is 71.5 Å². The highest BCUT2D eigenvalue weighted by Gasteiger charge is 2.49. The van der Waals surface area contributed by atoms with E-state index in [0.29, 0.717) is 18.2 Å². The first-order valence-electron chi connectivity index (χ1n) is 9.86. The summed E-state index contributed by atoms with van der Waals surface area (Å²) in [5, 5.41) is 25.1. The summed E-state index contributed by atoms with van der Waals surface area (Å²) in [6, 6.07) is 0.0149. The Kier molecular flexibility index (Phi) is 12.0. The lowest BCUT2D eigenvalue weighted by molar-refractivity contribution is -0.154. The number of aliphatic carboxylic acids is 1.